The van der Waals surface area contributed by atoms with Crippen LogP contribution >= 0.6 is 0 Å². The maximum absolute atomic E-state index is 9.44. The zero-order valence-electron chi connectivity index (χ0n) is 9.56. The molecule has 16 heavy (non-hydrogen) atoms. The van der Waals surface area contributed by atoms with Gasteiger partial charge in [0.15, 0.2) is 0 Å². The molecule has 94 valence electrons. The van der Waals surface area contributed by atoms with E-state index >= 15 is 0 Å². The van der Waals surface area contributed by atoms with Gasteiger partial charge in [0.2, 0.25) is 0 Å². The highest BCUT2D eigenvalue weighted by Crippen LogP contribution is 2.10. The van der Waals surface area contributed by atoms with E-state index < -0.39 is 6.10 Å². The van der Waals surface area contributed by atoms with Crippen LogP contribution in [0.4, 0.5) is 0 Å². The van der Waals surface area contributed by atoms with Gasteiger partial charge in [0.1, 0.15) is 12.2 Å². The van der Waals surface area contributed by atoms with Crippen molar-refractivity contribution in [3.63, 3.8) is 0 Å². The standard InChI is InChI=1S/C11H21NO4/c13-10-7-14-8-11(10)16-6-5-15-9-1-3-12-4-2-9/h9-13H,1-8H2. The van der Waals surface area contributed by atoms with Crippen molar-refractivity contribution >= 4 is 0 Å². The van der Waals surface area contributed by atoms with Crippen LogP contribution in [-0.4, -0.2) is 62.9 Å². The van der Waals surface area contributed by atoms with Crippen molar-refractivity contribution in [3.05, 3.63) is 0 Å². The summed E-state index contributed by atoms with van der Waals surface area (Å²) in [6, 6.07) is 0. The molecular formula is C11H21NO4. The topological polar surface area (TPSA) is 60.0 Å². The summed E-state index contributed by atoms with van der Waals surface area (Å²) in [5, 5.41) is 12.7. The molecule has 0 aliphatic carbocycles. The van der Waals surface area contributed by atoms with Crippen LogP contribution in [0.15, 0.2) is 0 Å². The van der Waals surface area contributed by atoms with Gasteiger partial charge in [-0.05, 0) is 25.9 Å². The highest BCUT2D eigenvalue weighted by atomic mass is 16.6. The quantitative estimate of drug-likeness (QED) is 0.627. The van der Waals surface area contributed by atoms with E-state index in [1.54, 1.807) is 0 Å². The smallest absolute Gasteiger partial charge is 0.109 e. The molecule has 2 aliphatic rings. The summed E-state index contributed by atoms with van der Waals surface area (Å²) in [5.74, 6) is 0. The zero-order valence-corrected chi connectivity index (χ0v) is 9.56. The normalized spacial score (nSPS) is 32.1. The van der Waals surface area contributed by atoms with Crippen molar-refractivity contribution in [3.8, 4) is 0 Å². The van der Waals surface area contributed by atoms with Crippen LogP contribution in [0.1, 0.15) is 12.8 Å². The van der Waals surface area contributed by atoms with Crippen LogP contribution in [0.5, 0.6) is 0 Å². The summed E-state index contributed by atoms with van der Waals surface area (Å²) in [5.41, 5.74) is 0. The Kier molecular flexibility index (Phi) is 4.99. The molecular weight excluding hydrogens is 210 g/mol. The number of piperidine rings is 1. The average molecular weight is 231 g/mol. The van der Waals surface area contributed by atoms with Crippen LogP contribution in [-0.2, 0) is 14.2 Å². The first-order chi connectivity index (χ1) is 7.86. The SMILES string of the molecule is OC1COCC1OCCOC1CCNCC1. The number of rotatable bonds is 5. The molecule has 2 aliphatic heterocycles. The average Bonchev–Trinajstić information content (AvgIpc) is 2.72. The van der Waals surface area contributed by atoms with Crippen LogP contribution in [0, 0.1) is 0 Å². The predicted molar refractivity (Wildman–Crippen MR) is 58.4 cm³/mol. The minimum atomic E-state index is -0.473. The van der Waals surface area contributed by atoms with Crippen LogP contribution in [0.25, 0.3) is 0 Å². The Bertz CT molecular complexity index is 196. The largest absolute Gasteiger partial charge is 0.388 e. The maximum Gasteiger partial charge on any atom is 0.109 e. The molecule has 5 nitrogen and oxygen atoms in total. The van der Waals surface area contributed by atoms with Crippen molar-refractivity contribution < 1.29 is 19.3 Å². The van der Waals surface area contributed by atoms with Gasteiger partial charge in [0, 0.05) is 0 Å². The molecule has 0 aromatic heterocycles. The highest BCUT2D eigenvalue weighted by Gasteiger charge is 2.26. The molecule has 2 N–H and O–H groups in total. The fourth-order valence-electron chi connectivity index (χ4n) is 2.06. The Labute approximate surface area is 96.1 Å². The minimum absolute atomic E-state index is 0.170. The van der Waals surface area contributed by atoms with E-state index in [4.69, 9.17) is 14.2 Å². The Morgan fingerprint density at radius 1 is 1.12 bits per heavy atom. The highest BCUT2D eigenvalue weighted by molar-refractivity contribution is 4.74. The van der Waals surface area contributed by atoms with Crippen molar-refractivity contribution in [2.24, 2.45) is 0 Å². The fourth-order valence-corrected chi connectivity index (χ4v) is 2.06. The predicted octanol–water partition coefficient (Wildman–Crippen LogP) is -0.469. The lowest BCUT2D eigenvalue weighted by Gasteiger charge is -2.23. The van der Waals surface area contributed by atoms with Gasteiger partial charge in [-0.2, -0.15) is 0 Å². The molecule has 2 heterocycles. The number of aliphatic hydroxyl groups excluding tert-OH is 1. The Morgan fingerprint density at radius 3 is 2.56 bits per heavy atom. The summed E-state index contributed by atoms with van der Waals surface area (Å²) in [7, 11) is 0. The first kappa shape index (κ1) is 12.3. The zero-order chi connectivity index (χ0) is 11.2. The second-order valence-electron chi connectivity index (χ2n) is 4.33. The summed E-state index contributed by atoms with van der Waals surface area (Å²) < 4.78 is 16.3. The third kappa shape index (κ3) is 3.68. The molecule has 2 fully saturated rings. The molecule has 0 aromatic rings. The summed E-state index contributed by atoms with van der Waals surface area (Å²) >= 11 is 0. The van der Waals surface area contributed by atoms with E-state index in [9.17, 15) is 5.11 Å². The van der Waals surface area contributed by atoms with Crippen molar-refractivity contribution in [1.82, 2.24) is 5.32 Å². The van der Waals surface area contributed by atoms with E-state index in [1.807, 2.05) is 0 Å². The fraction of sp³-hybridized carbons (Fsp3) is 1.00. The summed E-state index contributed by atoms with van der Waals surface area (Å²) in [4.78, 5) is 0. The second kappa shape index (κ2) is 6.51. The van der Waals surface area contributed by atoms with Gasteiger partial charge in [-0.3, -0.25) is 0 Å². The van der Waals surface area contributed by atoms with Gasteiger partial charge in [-0.1, -0.05) is 0 Å². The van der Waals surface area contributed by atoms with Crippen molar-refractivity contribution in [2.75, 3.05) is 39.5 Å². The molecule has 0 amide bonds. The summed E-state index contributed by atoms with van der Waals surface area (Å²) in [6.07, 6.45) is 1.88. The lowest BCUT2D eigenvalue weighted by atomic mass is 10.1. The third-order valence-electron chi connectivity index (χ3n) is 3.05. The Hall–Kier alpha value is -0.200. The van der Waals surface area contributed by atoms with Gasteiger partial charge < -0.3 is 24.6 Å². The molecule has 2 unspecified atom stereocenters. The van der Waals surface area contributed by atoms with Crippen LogP contribution in [0.2, 0.25) is 0 Å². The maximum atomic E-state index is 9.44. The molecule has 2 rings (SSSR count). The first-order valence-electron chi connectivity index (χ1n) is 6.06. The first-order valence-corrected chi connectivity index (χ1v) is 6.06. The molecule has 0 aromatic carbocycles. The third-order valence-corrected chi connectivity index (χ3v) is 3.05. The molecule has 0 bridgehead atoms. The number of nitrogens with one attached hydrogen (secondary N) is 1. The van der Waals surface area contributed by atoms with Gasteiger partial charge >= 0.3 is 0 Å². The van der Waals surface area contributed by atoms with Gasteiger partial charge in [-0.15, -0.1) is 0 Å². The lowest BCUT2D eigenvalue weighted by Crippen LogP contribution is -2.34. The van der Waals surface area contributed by atoms with Gasteiger partial charge in [0.05, 0.1) is 32.5 Å². The lowest BCUT2D eigenvalue weighted by molar-refractivity contribution is -0.0535. The Balaban J connectivity index is 1.51. The number of hydrogen-bond donors (Lipinski definition) is 2. The second-order valence-corrected chi connectivity index (χ2v) is 4.33. The monoisotopic (exact) mass is 231 g/mol. The van der Waals surface area contributed by atoms with Crippen molar-refractivity contribution in [2.45, 2.75) is 31.2 Å². The van der Waals surface area contributed by atoms with E-state index in [2.05, 4.69) is 5.32 Å². The molecule has 2 atom stereocenters. The van der Waals surface area contributed by atoms with E-state index in [-0.39, 0.29) is 6.10 Å². The minimum Gasteiger partial charge on any atom is -0.388 e. The number of hydrogen-bond acceptors (Lipinski definition) is 5. The van der Waals surface area contributed by atoms with E-state index in [0.29, 0.717) is 32.5 Å². The van der Waals surface area contributed by atoms with E-state index in [0.717, 1.165) is 25.9 Å². The van der Waals surface area contributed by atoms with Gasteiger partial charge in [-0.25, -0.2) is 0 Å². The Morgan fingerprint density at radius 2 is 1.88 bits per heavy atom. The molecule has 5 heteroatoms. The number of aliphatic hydroxyl groups is 1. The van der Waals surface area contributed by atoms with E-state index in [1.165, 1.54) is 0 Å². The van der Waals surface area contributed by atoms with Crippen LogP contribution < -0.4 is 5.32 Å². The molecule has 0 spiro atoms. The van der Waals surface area contributed by atoms with Crippen LogP contribution in [0.3, 0.4) is 0 Å². The van der Waals surface area contributed by atoms with Gasteiger partial charge in [0.25, 0.3) is 0 Å². The molecule has 0 saturated carbocycles. The molecule has 0 radical (unpaired) electrons. The summed E-state index contributed by atoms with van der Waals surface area (Å²) in [6.45, 7) is 4.11. The van der Waals surface area contributed by atoms with Crippen molar-refractivity contribution in [1.29, 1.82) is 0 Å². The number of ether oxygens (including phenoxy) is 3. The molecule has 2 saturated heterocycles.